The van der Waals surface area contributed by atoms with E-state index in [2.05, 4.69) is 10.1 Å². The zero-order valence-electron chi connectivity index (χ0n) is 14.3. The van der Waals surface area contributed by atoms with Crippen LogP contribution in [0.5, 0.6) is 0 Å². The molecule has 26 heavy (non-hydrogen) atoms. The Hall–Kier alpha value is -2.25. The van der Waals surface area contributed by atoms with Crippen LogP contribution >= 0.6 is 0 Å². The van der Waals surface area contributed by atoms with Gasteiger partial charge in [-0.15, -0.1) is 13.2 Å². The summed E-state index contributed by atoms with van der Waals surface area (Å²) in [7, 11) is 1.75. The third-order valence-electron chi connectivity index (χ3n) is 4.48. The average molecular weight is 366 g/mol. The van der Waals surface area contributed by atoms with Crippen molar-refractivity contribution in [2.45, 2.75) is 31.3 Å². The highest BCUT2D eigenvalue weighted by Crippen LogP contribution is 2.35. The normalized spacial score (nSPS) is 17.6. The van der Waals surface area contributed by atoms with Crippen LogP contribution in [0.15, 0.2) is 60.0 Å². The van der Waals surface area contributed by atoms with E-state index in [1.165, 1.54) is 6.08 Å². The van der Waals surface area contributed by atoms with Crippen molar-refractivity contribution in [3.05, 3.63) is 60.0 Å². The number of fused-ring (bicyclic) bond motifs is 1. The number of ether oxygens (including phenoxy) is 1. The quantitative estimate of drug-likeness (QED) is 0.815. The molecule has 7 heteroatoms. The smallest absolute Gasteiger partial charge is 0.410 e. The standard InChI is InChI=1S/C19H21F3N2O2/c1-23-12-17(25)18(24-11-10-13-4-2-3-5-16(13)24)14-6-8-15(9-7-14)26-19(20,21)22/h2-6,8,10-11,17-18,23,25H,7,9,12H2,1H3/t17?,18-/m0/s1. The number of nitrogens with zero attached hydrogens (tertiary/aromatic N) is 1. The molecule has 0 radical (unpaired) electrons. The van der Waals surface area contributed by atoms with Crippen LogP contribution in [0, 0.1) is 0 Å². The first-order chi connectivity index (χ1) is 12.4. The van der Waals surface area contributed by atoms with Crippen LogP contribution in [0.2, 0.25) is 0 Å². The number of aliphatic hydroxyl groups is 1. The number of halogens is 3. The molecule has 1 aromatic carbocycles. The van der Waals surface area contributed by atoms with Crippen molar-refractivity contribution in [2.75, 3.05) is 13.6 Å². The second kappa shape index (κ2) is 7.55. The van der Waals surface area contributed by atoms with Crippen LogP contribution < -0.4 is 5.32 Å². The monoisotopic (exact) mass is 366 g/mol. The number of hydrogen-bond donors (Lipinski definition) is 2. The summed E-state index contributed by atoms with van der Waals surface area (Å²) in [5, 5.41) is 14.7. The van der Waals surface area contributed by atoms with Gasteiger partial charge in [-0.1, -0.05) is 24.3 Å². The van der Waals surface area contributed by atoms with E-state index in [-0.39, 0.29) is 18.2 Å². The molecule has 0 saturated carbocycles. The molecule has 2 N–H and O–H groups in total. The number of rotatable bonds is 6. The molecule has 2 aromatic rings. The van der Waals surface area contributed by atoms with Gasteiger partial charge in [-0.05, 0) is 42.6 Å². The second-order valence-electron chi connectivity index (χ2n) is 6.27. The molecule has 0 saturated heterocycles. The van der Waals surface area contributed by atoms with Gasteiger partial charge in [0.1, 0.15) is 5.76 Å². The molecule has 0 bridgehead atoms. The van der Waals surface area contributed by atoms with E-state index in [9.17, 15) is 18.3 Å². The number of likely N-dealkylation sites (N-methyl/N-ethyl adjacent to an activating group) is 1. The number of alkyl halides is 3. The molecule has 4 nitrogen and oxygen atoms in total. The third kappa shape index (κ3) is 4.11. The number of para-hydroxylation sites is 1. The lowest BCUT2D eigenvalue weighted by Gasteiger charge is -2.30. The Kier molecular flexibility index (Phi) is 5.38. The van der Waals surface area contributed by atoms with Gasteiger partial charge in [0.25, 0.3) is 0 Å². The lowest BCUT2D eigenvalue weighted by Crippen LogP contribution is -2.34. The van der Waals surface area contributed by atoms with E-state index >= 15 is 0 Å². The molecule has 1 aliphatic carbocycles. The summed E-state index contributed by atoms with van der Waals surface area (Å²) in [6.45, 7) is 0.365. The minimum atomic E-state index is -4.68. The van der Waals surface area contributed by atoms with Crippen molar-refractivity contribution in [1.29, 1.82) is 0 Å². The van der Waals surface area contributed by atoms with Crippen LogP contribution in [0.3, 0.4) is 0 Å². The molecule has 0 fully saturated rings. The fraction of sp³-hybridized carbons (Fsp3) is 0.368. The summed E-state index contributed by atoms with van der Waals surface area (Å²) in [6.07, 6.45) is 0.00698. The molecule has 0 amide bonds. The van der Waals surface area contributed by atoms with Gasteiger partial charge in [-0.2, -0.15) is 0 Å². The van der Waals surface area contributed by atoms with Crippen molar-refractivity contribution >= 4 is 10.9 Å². The van der Waals surface area contributed by atoms with Crippen molar-refractivity contribution < 1.29 is 23.0 Å². The first-order valence-electron chi connectivity index (χ1n) is 8.42. The second-order valence-corrected chi connectivity index (χ2v) is 6.27. The maximum absolute atomic E-state index is 12.4. The molecular formula is C19H21F3N2O2. The van der Waals surface area contributed by atoms with Gasteiger partial charge in [0.15, 0.2) is 0 Å². The van der Waals surface area contributed by atoms with Crippen molar-refractivity contribution in [3.63, 3.8) is 0 Å². The molecule has 3 rings (SSSR count). The van der Waals surface area contributed by atoms with Crippen LogP contribution in [0.25, 0.3) is 10.9 Å². The Morgan fingerprint density at radius 1 is 1.19 bits per heavy atom. The van der Waals surface area contributed by atoms with Crippen LogP contribution in [-0.4, -0.2) is 35.7 Å². The van der Waals surface area contributed by atoms with E-state index in [1.807, 2.05) is 41.1 Å². The van der Waals surface area contributed by atoms with Gasteiger partial charge >= 0.3 is 6.36 Å². The zero-order chi connectivity index (χ0) is 18.7. The molecule has 0 spiro atoms. The number of aromatic nitrogens is 1. The summed E-state index contributed by atoms with van der Waals surface area (Å²) in [4.78, 5) is 0. The molecule has 1 aliphatic rings. The van der Waals surface area contributed by atoms with E-state index in [0.29, 0.717) is 13.0 Å². The largest absolute Gasteiger partial charge is 0.572 e. The molecule has 140 valence electrons. The Morgan fingerprint density at radius 3 is 2.62 bits per heavy atom. The van der Waals surface area contributed by atoms with Crippen molar-refractivity contribution in [1.82, 2.24) is 9.88 Å². The number of aliphatic hydroxyl groups excluding tert-OH is 1. The Balaban J connectivity index is 1.95. The number of nitrogens with one attached hydrogen (secondary N) is 1. The molecule has 1 unspecified atom stereocenters. The van der Waals surface area contributed by atoms with Gasteiger partial charge < -0.3 is 19.7 Å². The summed E-state index contributed by atoms with van der Waals surface area (Å²) >= 11 is 0. The topological polar surface area (TPSA) is 46.4 Å². The van der Waals surface area contributed by atoms with Gasteiger partial charge in [-0.25, -0.2) is 0 Å². The molecular weight excluding hydrogens is 345 g/mol. The van der Waals surface area contributed by atoms with Crippen molar-refractivity contribution in [3.8, 4) is 0 Å². The fourth-order valence-corrected chi connectivity index (χ4v) is 3.39. The maximum atomic E-state index is 12.4. The Morgan fingerprint density at radius 2 is 1.96 bits per heavy atom. The van der Waals surface area contributed by atoms with Crippen molar-refractivity contribution in [2.24, 2.45) is 0 Å². The van der Waals surface area contributed by atoms with Gasteiger partial charge in [0.2, 0.25) is 0 Å². The predicted molar refractivity (Wildman–Crippen MR) is 93.4 cm³/mol. The van der Waals surface area contributed by atoms with E-state index in [0.717, 1.165) is 16.5 Å². The van der Waals surface area contributed by atoms with Gasteiger partial charge in [0.05, 0.1) is 12.1 Å². The zero-order valence-corrected chi connectivity index (χ0v) is 14.3. The first-order valence-corrected chi connectivity index (χ1v) is 8.42. The summed E-state index contributed by atoms with van der Waals surface area (Å²) in [5.74, 6) is -0.111. The summed E-state index contributed by atoms with van der Waals surface area (Å²) in [6, 6.07) is 9.40. The van der Waals surface area contributed by atoms with Crippen LogP contribution in [0.4, 0.5) is 13.2 Å². The highest BCUT2D eigenvalue weighted by molar-refractivity contribution is 5.80. The van der Waals surface area contributed by atoms with E-state index < -0.39 is 12.5 Å². The van der Waals surface area contributed by atoms with Crippen LogP contribution in [0.1, 0.15) is 18.9 Å². The van der Waals surface area contributed by atoms with Crippen LogP contribution in [-0.2, 0) is 4.74 Å². The molecule has 1 heterocycles. The SMILES string of the molecule is CNCC(O)[C@H](C1=CC=C(OC(F)(F)F)CC1)n1ccc2ccccc21. The minimum absolute atomic E-state index is 0.111. The number of benzene rings is 1. The molecule has 0 aliphatic heterocycles. The first kappa shape index (κ1) is 18.5. The number of allylic oxidation sites excluding steroid dienone is 3. The summed E-state index contributed by atoms with van der Waals surface area (Å²) in [5.41, 5.74) is 1.83. The lowest BCUT2D eigenvalue weighted by molar-refractivity contribution is -0.306. The summed E-state index contributed by atoms with van der Waals surface area (Å²) < 4.78 is 43.1. The van der Waals surface area contributed by atoms with Gasteiger partial charge in [0, 0.05) is 24.7 Å². The molecule has 1 aromatic heterocycles. The van der Waals surface area contributed by atoms with E-state index in [4.69, 9.17) is 0 Å². The highest BCUT2D eigenvalue weighted by Gasteiger charge is 2.33. The maximum Gasteiger partial charge on any atom is 0.572 e. The fourth-order valence-electron chi connectivity index (χ4n) is 3.39. The van der Waals surface area contributed by atoms with Gasteiger partial charge in [-0.3, -0.25) is 0 Å². The Bertz CT molecular complexity index is 824. The molecule has 2 atom stereocenters. The predicted octanol–water partition coefficient (Wildman–Crippen LogP) is 3.90. The number of hydrogen-bond acceptors (Lipinski definition) is 3. The Labute approximate surface area is 149 Å². The average Bonchev–Trinajstić information content (AvgIpc) is 3.00. The lowest BCUT2D eigenvalue weighted by atomic mass is 9.92. The highest BCUT2D eigenvalue weighted by atomic mass is 19.4. The van der Waals surface area contributed by atoms with E-state index in [1.54, 1.807) is 13.1 Å². The third-order valence-corrected chi connectivity index (χ3v) is 4.48. The minimum Gasteiger partial charge on any atom is -0.410 e.